The van der Waals surface area contributed by atoms with Crippen molar-refractivity contribution in [3.05, 3.63) is 107 Å². The Morgan fingerprint density at radius 3 is 2.42 bits per heavy atom. The Labute approximate surface area is 220 Å². The van der Waals surface area contributed by atoms with E-state index in [1.54, 1.807) is 48.9 Å². The van der Waals surface area contributed by atoms with E-state index in [4.69, 9.17) is 5.73 Å². The lowest BCUT2D eigenvalue weighted by Gasteiger charge is -2.37. The fraction of sp³-hybridized carbons (Fsp3) is 0.172. The highest BCUT2D eigenvalue weighted by atomic mass is 16.2. The Kier molecular flexibility index (Phi) is 6.90. The highest BCUT2D eigenvalue weighted by Crippen LogP contribution is 2.35. The number of imidazole rings is 1. The van der Waals surface area contributed by atoms with Gasteiger partial charge in [-0.3, -0.25) is 9.59 Å². The van der Waals surface area contributed by atoms with Crippen molar-refractivity contribution in [1.82, 2.24) is 14.9 Å². The topological polar surface area (TPSA) is 133 Å². The van der Waals surface area contributed by atoms with Gasteiger partial charge >= 0.3 is 6.03 Å². The van der Waals surface area contributed by atoms with Crippen molar-refractivity contribution in [2.45, 2.75) is 25.8 Å². The normalized spacial score (nSPS) is 14.6. The summed E-state index contributed by atoms with van der Waals surface area (Å²) in [5.74, 6) is -0.145. The number of nitrogens with two attached hydrogens (primary N) is 1. The van der Waals surface area contributed by atoms with Gasteiger partial charge < -0.3 is 26.3 Å². The summed E-state index contributed by atoms with van der Waals surface area (Å²) >= 11 is 0. The zero-order valence-electron chi connectivity index (χ0n) is 20.9. The van der Waals surface area contributed by atoms with Crippen LogP contribution in [0.15, 0.2) is 79.3 Å². The molecule has 3 aromatic carbocycles. The summed E-state index contributed by atoms with van der Waals surface area (Å²) < 4.78 is 0. The third kappa shape index (κ3) is 5.41. The van der Waals surface area contributed by atoms with E-state index in [-0.39, 0.29) is 17.7 Å². The first-order valence-corrected chi connectivity index (χ1v) is 12.3. The summed E-state index contributed by atoms with van der Waals surface area (Å²) in [6.45, 7) is 1.99. The Bertz CT molecular complexity index is 1460. The number of aromatic nitrogens is 2. The van der Waals surface area contributed by atoms with Crippen molar-refractivity contribution in [1.29, 1.82) is 0 Å². The lowest BCUT2D eigenvalue weighted by molar-refractivity contribution is 0.0649. The van der Waals surface area contributed by atoms with Gasteiger partial charge in [0.15, 0.2) is 5.78 Å². The van der Waals surface area contributed by atoms with Crippen molar-refractivity contribution in [2.24, 2.45) is 0 Å². The molecule has 0 saturated heterocycles. The van der Waals surface area contributed by atoms with Crippen LogP contribution in [0.5, 0.6) is 0 Å². The largest absolute Gasteiger partial charge is 0.399 e. The number of carbonyl (C=O) groups excluding carboxylic acids is 3. The third-order valence-electron chi connectivity index (χ3n) is 6.70. The number of benzene rings is 3. The Morgan fingerprint density at radius 2 is 1.74 bits per heavy atom. The molecule has 0 spiro atoms. The lowest BCUT2D eigenvalue weighted by atomic mass is 9.88. The summed E-state index contributed by atoms with van der Waals surface area (Å²) in [6.07, 6.45) is 4.66. The number of fused-ring (bicyclic) bond motifs is 1. The molecule has 0 bridgehead atoms. The van der Waals surface area contributed by atoms with Crippen molar-refractivity contribution in [3.63, 3.8) is 0 Å². The van der Waals surface area contributed by atoms with E-state index in [9.17, 15) is 14.4 Å². The van der Waals surface area contributed by atoms with Gasteiger partial charge in [-0.25, -0.2) is 9.78 Å². The van der Waals surface area contributed by atoms with E-state index in [1.807, 2.05) is 35.2 Å². The molecule has 0 fully saturated rings. The smallest absolute Gasteiger partial charge is 0.323 e. The van der Waals surface area contributed by atoms with Crippen molar-refractivity contribution >= 4 is 34.8 Å². The van der Waals surface area contributed by atoms with Gasteiger partial charge in [-0.2, -0.15) is 0 Å². The number of aromatic amines is 1. The fourth-order valence-corrected chi connectivity index (χ4v) is 4.66. The number of hydrogen-bond acceptors (Lipinski definition) is 5. The molecule has 3 amide bonds. The number of anilines is 3. The van der Waals surface area contributed by atoms with Crippen molar-refractivity contribution in [2.75, 3.05) is 22.9 Å². The molecule has 9 heteroatoms. The van der Waals surface area contributed by atoms with Crippen LogP contribution in [0.2, 0.25) is 0 Å². The van der Waals surface area contributed by atoms with E-state index in [1.165, 1.54) is 6.92 Å². The lowest BCUT2D eigenvalue weighted by Crippen LogP contribution is -2.41. The van der Waals surface area contributed by atoms with Crippen LogP contribution in [0.3, 0.4) is 0 Å². The Balaban J connectivity index is 1.35. The average Bonchev–Trinajstić information content (AvgIpc) is 3.43. The second-order valence-corrected chi connectivity index (χ2v) is 9.30. The molecule has 2 heterocycles. The van der Waals surface area contributed by atoms with Gasteiger partial charge in [0, 0.05) is 53.0 Å². The van der Waals surface area contributed by atoms with Gasteiger partial charge in [-0.15, -0.1) is 0 Å². The molecule has 1 unspecified atom stereocenters. The van der Waals surface area contributed by atoms with Crippen LogP contribution in [0, 0.1) is 0 Å². The van der Waals surface area contributed by atoms with E-state index in [0.717, 1.165) is 16.8 Å². The molecule has 1 aliphatic rings. The average molecular weight is 509 g/mol. The van der Waals surface area contributed by atoms with Crippen LogP contribution in [0.4, 0.5) is 21.9 Å². The zero-order chi connectivity index (χ0) is 26.6. The number of urea groups is 1. The monoisotopic (exact) mass is 508 g/mol. The second kappa shape index (κ2) is 10.6. The first kappa shape index (κ1) is 24.8. The number of Topliss-reactive ketones (excluding diaryl/α,β-unsaturated/α-hetero) is 1. The molecule has 0 saturated carbocycles. The van der Waals surface area contributed by atoms with Crippen LogP contribution in [0.1, 0.15) is 50.5 Å². The van der Waals surface area contributed by atoms with Gasteiger partial charge in [0.05, 0.1) is 12.4 Å². The molecule has 9 nitrogen and oxygen atoms in total. The van der Waals surface area contributed by atoms with Gasteiger partial charge in [0.25, 0.3) is 5.91 Å². The van der Waals surface area contributed by atoms with Crippen LogP contribution in [-0.2, 0) is 12.8 Å². The molecule has 5 rings (SSSR count). The maximum absolute atomic E-state index is 13.8. The van der Waals surface area contributed by atoms with E-state index in [0.29, 0.717) is 47.6 Å². The molecule has 0 radical (unpaired) electrons. The Morgan fingerprint density at radius 1 is 1.03 bits per heavy atom. The number of nitrogens with zero attached hydrogens (tertiary/aromatic N) is 2. The van der Waals surface area contributed by atoms with Crippen LogP contribution in [-0.4, -0.2) is 39.1 Å². The minimum Gasteiger partial charge on any atom is -0.399 e. The fourth-order valence-electron chi connectivity index (χ4n) is 4.66. The molecular formula is C29H28N6O3. The standard InChI is InChI=1S/C29H28N6O3/c1-18(36)19-4-9-23(10-5-19)33-29(38)34-24-11-6-21-14-27(20-2-7-22(30)8-3-20)35(28(37)26(21)15-24)13-12-25-16-31-17-32-25/h2-11,15-17,27H,12-14,30H2,1H3,(H,31,32)(H2,33,34,38). The van der Waals surface area contributed by atoms with Crippen molar-refractivity contribution in [3.8, 4) is 0 Å². The van der Waals surface area contributed by atoms with E-state index in [2.05, 4.69) is 20.6 Å². The summed E-state index contributed by atoms with van der Waals surface area (Å²) in [4.78, 5) is 46.9. The zero-order valence-corrected chi connectivity index (χ0v) is 20.9. The Hall–Kier alpha value is -4.92. The van der Waals surface area contributed by atoms with Crippen LogP contribution in [0.25, 0.3) is 0 Å². The second-order valence-electron chi connectivity index (χ2n) is 9.30. The summed E-state index contributed by atoms with van der Waals surface area (Å²) in [7, 11) is 0. The first-order chi connectivity index (χ1) is 18.4. The molecule has 38 heavy (non-hydrogen) atoms. The molecular weight excluding hydrogens is 480 g/mol. The third-order valence-corrected chi connectivity index (χ3v) is 6.70. The number of hydrogen-bond donors (Lipinski definition) is 4. The molecule has 1 atom stereocenters. The number of carbonyl (C=O) groups is 3. The number of H-pyrrole nitrogens is 1. The SMILES string of the molecule is CC(=O)c1ccc(NC(=O)Nc2ccc3c(c2)C(=O)N(CCc2cnc[nH]2)C(c2ccc(N)cc2)C3)cc1. The highest BCUT2D eigenvalue weighted by Gasteiger charge is 2.33. The quantitative estimate of drug-likeness (QED) is 0.210. The summed E-state index contributed by atoms with van der Waals surface area (Å²) in [5, 5.41) is 5.55. The number of nitrogens with one attached hydrogen (secondary N) is 3. The van der Waals surface area contributed by atoms with Gasteiger partial charge in [0.2, 0.25) is 0 Å². The molecule has 1 aromatic heterocycles. The maximum Gasteiger partial charge on any atom is 0.323 e. The summed E-state index contributed by atoms with van der Waals surface area (Å²) in [6, 6.07) is 19.1. The number of nitrogen functional groups attached to an aromatic ring is 1. The maximum atomic E-state index is 13.8. The highest BCUT2D eigenvalue weighted by molar-refractivity contribution is 6.03. The van der Waals surface area contributed by atoms with Crippen molar-refractivity contribution < 1.29 is 14.4 Å². The van der Waals surface area contributed by atoms with E-state index < -0.39 is 6.03 Å². The predicted octanol–water partition coefficient (Wildman–Crippen LogP) is 4.82. The number of rotatable bonds is 7. The van der Waals surface area contributed by atoms with Gasteiger partial charge in [-0.05, 0) is 73.0 Å². The molecule has 1 aliphatic heterocycles. The molecule has 192 valence electrons. The van der Waals surface area contributed by atoms with Gasteiger partial charge in [0.1, 0.15) is 0 Å². The van der Waals surface area contributed by atoms with Crippen LogP contribution < -0.4 is 16.4 Å². The van der Waals surface area contributed by atoms with E-state index >= 15 is 0 Å². The first-order valence-electron chi connectivity index (χ1n) is 12.3. The minimum absolute atomic E-state index is 0.0445. The van der Waals surface area contributed by atoms with Crippen LogP contribution >= 0.6 is 0 Å². The molecule has 4 aromatic rings. The summed E-state index contributed by atoms with van der Waals surface area (Å²) in [5.41, 5.74) is 11.6. The molecule has 0 aliphatic carbocycles. The number of amides is 3. The number of ketones is 1. The minimum atomic E-state index is -0.445. The predicted molar refractivity (Wildman–Crippen MR) is 146 cm³/mol. The van der Waals surface area contributed by atoms with Gasteiger partial charge in [-0.1, -0.05) is 18.2 Å². The molecule has 5 N–H and O–H groups in total.